The van der Waals surface area contributed by atoms with Crippen molar-refractivity contribution in [3.8, 4) is 0 Å². The predicted octanol–water partition coefficient (Wildman–Crippen LogP) is -0.233. The molecule has 2 fully saturated rings. The Kier molecular flexibility index (Phi) is 1.20. The lowest BCUT2D eigenvalue weighted by Crippen LogP contribution is -2.27. The number of hydrogen-bond donors (Lipinski definition) is 1. The first-order chi connectivity index (χ1) is 4.79. The minimum Gasteiger partial charge on any atom is -0.381 e. The highest BCUT2D eigenvalue weighted by Crippen LogP contribution is 2.43. The molecule has 1 N–H and O–H groups in total. The lowest BCUT2D eigenvalue weighted by atomic mass is 10.4. The van der Waals surface area contributed by atoms with Crippen molar-refractivity contribution in [2.45, 2.75) is 13.0 Å². The van der Waals surface area contributed by atoms with E-state index in [2.05, 4.69) is 5.32 Å². The Bertz CT molecular complexity index is 159. The van der Waals surface area contributed by atoms with Crippen molar-refractivity contribution in [2.24, 2.45) is 11.8 Å². The minimum absolute atomic E-state index is 0.0828. The fourth-order valence-electron chi connectivity index (χ4n) is 1.69. The second kappa shape index (κ2) is 1.95. The van der Waals surface area contributed by atoms with E-state index in [1.807, 2.05) is 0 Å². The first-order valence-electron chi connectivity index (χ1n) is 3.64. The van der Waals surface area contributed by atoms with Crippen LogP contribution in [0.3, 0.4) is 0 Å². The van der Waals surface area contributed by atoms with E-state index < -0.39 is 0 Å². The van der Waals surface area contributed by atoms with Gasteiger partial charge >= 0.3 is 0 Å². The van der Waals surface area contributed by atoms with Crippen molar-refractivity contribution in [1.82, 2.24) is 5.32 Å². The molecule has 3 heteroatoms. The van der Waals surface area contributed by atoms with Gasteiger partial charge in [0.15, 0.2) is 0 Å². The maximum atomic E-state index is 10.6. The van der Waals surface area contributed by atoms with E-state index in [1.54, 1.807) is 6.92 Å². The third-order valence-corrected chi connectivity index (χ3v) is 2.32. The molecular weight excluding hydrogens is 130 g/mol. The molecule has 1 saturated heterocycles. The van der Waals surface area contributed by atoms with E-state index in [-0.39, 0.29) is 5.91 Å². The van der Waals surface area contributed by atoms with Gasteiger partial charge in [-0.3, -0.25) is 4.79 Å². The van der Waals surface area contributed by atoms with Crippen molar-refractivity contribution in [3.05, 3.63) is 0 Å². The highest BCUT2D eigenvalue weighted by Gasteiger charge is 2.54. The molecule has 1 unspecified atom stereocenters. The number of nitrogens with one attached hydrogen (secondary N) is 1. The lowest BCUT2D eigenvalue weighted by Gasteiger charge is -2.03. The first-order valence-corrected chi connectivity index (χ1v) is 3.64. The molecule has 10 heavy (non-hydrogen) atoms. The summed E-state index contributed by atoms with van der Waals surface area (Å²) in [6.45, 7) is 3.25. The maximum Gasteiger partial charge on any atom is 0.217 e. The molecule has 1 amide bonds. The average Bonchev–Trinajstić information content (AvgIpc) is 2.40. The van der Waals surface area contributed by atoms with Crippen LogP contribution in [0.5, 0.6) is 0 Å². The van der Waals surface area contributed by atoms with Crippen LogP contribution in [0, 0.1) is 11.8 Å². The Labute approximate surface area is 59.7 Å². The van der Waals surface area contributed by atoms with E-state index in [0.29, 0.717) is 17.9 Å². The zero-order valence-electron chi connectivity index (χ0n) is 5.96. The standard InChI is InChI=1S/C7H11NO2/c1-4(9)8-7-5-2-10-3-6(5)7/h5-7H,2-3H2,1H3,(H,8,9)/t5-,6+,7?. The fraction of sp³-hybridized carbons (Fsp3) is 0.857. The van der Waals surface area contributed by atoms with E-state index in [1.165, 1.54) is 0 Å². The molecule has 0 aromatic rings. The number of hydrogen-bond acceptors (Lipinski definition) is 2. The van der Waals surface area contributed by atoms with Crippen LogP contribution in [-0.2, 0) is 9.53 Å². The zero-order chi connectivity index (χ0) is 7.14. The Hall–Kier alpha value is -0.570. The van der Waals surface area contributed by atoms with Crippen LogP contribution in [0.4, 0.5) is 0 Å². The van der Waals surface area contributed by atoms with Crippen LogP contribution < -0.4 is 5.32 Å². The van der Waals surface area contributed by atoms with Crippen molar-refractivity contribution in [1.29, 1.82) is 0 Å². The smallest absolute Gasteiger partial charge is 0.217 e. The normalized spacial score (nSPS) is 42.7. The number of carbonyl (C=O) groups excluding carboxylic acids is 1. The van der Waals surface area contributed by atoms with Crippen LogP contribution in [0.15, 0.2) is 0 Å². The van der Waals surface area contributed by atoms with E-state index >= 15 is 0 Å². The summed E-state index contributed by atoms with van der Waals surface area (Å²) in [7, 11) is 0. The molecule has 0 spiro atoms. The highest BCUT2D eigenvalue weighted by molar-refractivity contribution is 5.73. The van der Waals surface area contributed by atoms with Gasteiger partial charge in [0, 0.05) is 24.8 Å². The summed E-state index contributed by atoms with van der Waals surface area (Å²) in [5.41, 5.74) is 0. The van der Waals surface area contributed by atoms with Gasteiger partial charge in [-0.05, 0) is 0 Å². The Morgan fingerprint density at radius 3 is 2.60 bits per heavy atom. The lowest BCUT2D eigenvalue weighted by molar-refractivity contribution is -0.119. The average molecular weight is 141 g/mol. The second-order valence-corrected chi connectivity index (χ2v) is 3.09. The fourth-order valence-corrected chi connectivity index (χ4v) is 1.69. The molecule has 0 aromatic carbocycles. The SMILES string of the molecule is CC(=O)NC1[C@H]2COC[C@@H]12. The van der Waals surface area contributed by atoms with Gasteiger partial charge in [-0.15, -0.1) is 0 Å². The molecular formula is C7H11NO2. The molecule has 2 aliphatic rings. The summed E-state index contributed by atoms with van der Waals surface area (Å²) >= 11 is 0. The summed E-state index contributed by atoms with van der Waals surface area (Å²) in [6, 6.07) is 0.436. The molecule has 1 aliphatic carbocycles. The summed E-state index contributed by atoms with van der Waals surface area (Å²) in [4.78, 5) is 10.6. The molecule has 1 heterocycles. The van der Waals surface area contributed by atoms with Gasteiger partial charge in [0.1, 0.15) is 0 Å². The Morgan fingerprint density at radius 1 is 1.50 bits per heavy atom. The summed E-state index contributed by atoms with van der Waals surface area (Å²) in [5.74, 6) is 1.34. The summed E-state index contributed by atoms with van der Waals surface area (Å²) in [6.07, 6.45) is 0. The molecule has 0 bridgehead atoms. The molecule has 0 aromatic heterocycles. The van der Waals surface area contributed by atoms with Crippen LogP contribution >= 0.6 is 0 Å². The number of amides is 1. The third-order valence-electron chi connectivity index (χ3n) is 2.32. The van der Waals surface area contributed by atoms with Crippen LogP contribution in [0.2, 0.25) is 0 Å². The maximum absolute atomic E-state index is 10.6. The predicted molar refractivity (Wildman–Crippen MR) is 35.4 cm³/mol. The van der Waals surface area contributed by atoms with Gasteiger partial charge in [-0.2, -0.15) is 0 Å². The van der Waals surface area contributed by atoms with Crippen molar-refractivity contribution < 1.29 is 9.53 Å². The number of carbonyl (C=O) groups is 1. The molecule has 1 saturated carbocycles. The van der Waals surface area contributed by atoms with Crippen molar-refractivity contribution in [3.63, 3.8) is 0 Å². The molecule has 3 atom stereocenters. The Balaban J connectivity index is 1.84. The second-order valence-electron chi connectivity index (χ2n) is 3.09. The summed E-state index contributed by atoms with van der Waals surface area (Å²) in [5, 5.41) is 2.90. The number of fused-ring (bicyclic) bond motifs is 1. The van der Waals surface area contributed by atoms with Gasteiger partial charge in [0.05, 0.1) is 13.2 Å². The topological polar surface area (TPSA) is 38.3 Å². The quantitative estimate of drug-likeness (QED) is 0.547. The molecule has 1 aliphatic heterocycles. The van der Waals surface area contributed by atoms with Crippen molar-refractivity contribution in [2.75, 3.05) is 13.2 Å². The molecule has 0 radical (unpaired) electrons. The van der Waals surface area contributed by atoms with Gasteiger partial charge in [0.25, 0.3) is 0 Å². The molecule has 56 valence electrons. The number of rotatable bonds is 1. The van der Waals surface area contributed by atoms with Gasteiger partial charge in [-0.25, -0.2) is 0 Å². The van der Waals surface area contributed by atoms with E-state index in [4.69, 9.17) is 4.74 Å². The van der Waals surface area contributed by atoms with E-state index in [9.17, 15) is 4.79 Å². The largest absolute Gasteiger partial charge is 0.381 e. The minimum atomic E-state index is 0.0828. The van der Waals surface area contributed by atoms with Gasteiger partial charge in [-0.1, -0.05) is 0 Å². The first kappa shape index (κ1) is 6.16. The van der Waals surface area contributed by atoms with Crippen molar-refractivity contribution >= 4 is 5.91 Å². The monoisotopic (exact) mass is 141 g/mol. The van der Waals surface area contributed by atoms with Gasteiger partial charge < -0.3 is 10.1 Å². The van der Waals surface area contributed by atoms with Crippen LogP contribution in [-0.4, -0.2) is 25.2 Å². The highest BCUT2D eigenvalue weighted by atomic mass is 16.5. The van der Waals surface area contributed by atoms with Crippen LogP contribution in [0.1, 0.15) is 6.92 Å². The van der Waals surface area contributed by atoms with Gasteiger partial charge in [0.2, 0.25) is 5.91 Å². The summed E-state index contributed by atoms with van der Waals surface area (Å²) < 4.78 is 5.17. The molecule has 3 nitrogen and oxygen atoms in total. The van der Waals surface area contributed by atoms with Crippen LogP contribution in [0.25, 0.3) is 0 Å². The van der Waals surface area contributed by atoms with E-state index in [0.717, 1.165) is 13.2 Å². The zero-order valence-corrected chi connectivity index (χ0v) is 5.96. The Morgan fingerprint density at radius 2 is 2.10 bits per heavy atom. The number of ether oxygens (including phenoxy) is 1. The molecule has 2 rings (SSSR count). The third kappa shape index (κ3) is 0.814.